The van der Waals surface area contributed by atoms with Crippen LogP contribution in [-0.4, -0.2) is 67.6 Å². The van der Waals surface area contributed by atoms with Crippen molar-refractivity contribution in [3.8, 4) is 11.5 Å². The lowest BCUT2D eigenvalue weighted by molar-refractivity contribution is -0.131. The van der Waals surface area contributed by atoms with Gasteiger partial charge in [0.2, 0.25) is 5.91 Å². The molecular weight excluding hydrogens is 430 g/mol. The van der Waals surface area contributed by atoms with Gasteiger partial charge in [0.05, 0.1) is 19.8 Å². The zero-order valence-corrected chi connectivity index (χ0v) is 19.4. The standard InChI is InChI=1S/C24H30ClN3O4/c1-3-31-21-9-8-19(15-22(21)32-4-2)24(30)26-16-23(29)28-12-10-27(11-13-28)17-18-6-5-7-20(25)14-18/h5-9,14-15H,3-4,10-13,16-17H2,1-2H3,(H,26,30). The first kappa shape index (κ1) is 23.9. The Balaban J connectivity index is 1.47. The lowest BCUT2D eigenvalue weighted by Crippen LogP contribution is -2.50. The van der Waals surface area contributed by atoms with Crippen LogP contribution < -0.4 is 14.8 Å². The third kappa shape index (κ3) is 6.61. The number of carbonyl (C=O) groups is 2. The van der Waals surface area contributed by atoms with E-state index >= 15 is 0 Å². The van der Waals surface area contributed by atoms with Crippen molar-refractivity contribution in [2.24, 2.45) is 0 Å². The van der Waals surface area contributed by atoms with E-state index in [1.165, 1.54) is 0 Å². The highest BCUT2D eigenvalue weighted by atomic mass is 35.5. The third-order valence-electron chi connectivity index (χ3n) is 5.23. The van der Waals surface area contributed by atoms with E-state index in [-0.39, 0.29) is 18.4 Å². The summed E-state index contributed by atoms with van der Waals surface area (Å²) in [4.78, 5) is 29.2. The average Bonchev–Trinajstić information content (AvgIpc) is 2.79. The summed E-state index contributed by atoms with van der Waals surface area (Å²) in [6, 6.07) is 12.8. The Morgan fingerprint density at radius 1 is 0.969 bits per heavy atom. The molecule has 32 heavy (non-hydrogen) atoms. The van der Waals surface area contributed by atoms with Gasteiger partial charge in [0, 0.05) is 43.3 Å². The topological polar surface area (TPSA) is 71.1 Å². The number of benzene rings is 2. The van der Waals surface area contributed by atoms with Crippen LogP contribution >= 0.6 is 11.6 Å². The maximum Gasteiger partial charge on any atom is 0.251 e. The number of rotatable bonds is 9. The number of nitrogens with zero attached hydrogens (tertiary/aromatic N) is 2. The molecule has 0 radical (unpaired) electrons. The monoisotopic (exact) mass is 459 g/mol. The van der Waals surface area contributed by atoms with Crippen molar-refractivity contribution in [3.05, 3.63) is 58.6 Å². The van der Waals surface area contributed by atoms with Gasteiger partial charge >= 0.3 is 0 Å². The van der Waals surface area contributed by atoms with E-state index in [0.717, 1.165) is 30.2 Å². The molecule has 0 bridgehead atoms. The smallest absolute Gasteiger partial charge is 0.251 e. The fourth-order valence-electron chi connectivity index (χ4n) is 3.61. The van der Waals surface area contributed by atoms with E-state index in [0.29, 0.717) is 43.4 Å². The molecule has 0 saturated carbocycles. The van der Waals surface area contributed by atoms with Crippen LogP contribution in [0, 0.1) is 0 Å². The van der Waals surface area contributed by atoms with Gasteiger partial charge in [-0.15, -0.1) is 0 Å². The summed E-state index contributed by atoms with van der Waals surface area (Å²) in [5.41, 5.74) is 1.59. The van der Waals surface area contributed by atoms with Gasteiger partial charge in [0.25, 0.3) is 5.91 Å². The Labute approximate surface area is 194 Å². The Bertz CT molecular complexity index is 929. The van der Waals surface area contributed by atoms with Gasteiger partial charge in [-0.2, -0.15) is 0 Å². The molecule has 2 aromatic carbocycles. The number of hydrogen-bond acceptors (Lipinski definition) is 5. The molecule has 0 spiro atoms. The molecule has 7 nitrogen and oxygen atoms in total. The van der Waals surface area contributed by atoms with Gasteiger partial charge in [-0.05, 0) is 49.7 Å². The van der Waals surface area contributed by atoms with Gasteiger partial charge in [-0.3, -0.25) is 14.5 Å². The minimum atomic E-state index is -0.318. The molecule has 0 aliphatic carbocycles. The van der Waals surface area contributed by atoms with Crippen LogP contribution in [0.1, 0.15) is 29.8 Å². The highest BCUT2D eigenvalue weighted by Gasteiger charge is 2.22. The van der Waals surface area contributed by atoms with E-state index in [9.17, 15) is 9.59 Å². The molecule has 1 heterocycles. The minimum absolute atomic E-state index is 0.0374. The Kier molecular flexibility index (Phi) is 8.76. The number of hydrogen-bond donors (Lipinski definition) is 1. The van der Waals surface area contributed by atoms with Crippen LogP contribution in [0.2, 0.25) is 5.02 Å². The van der Waals surface area contributed by atoms with Gasteiger partial charge in [-0.25, -0.2) is 0 Å². The van der Waals surface area contributed by atoms with Crippen molar-refractivity contribution in [1.82, 2.24) is 15.1 Å². The van der Waals surface area contributed by atoms with Crippen LogP contribution in [0.25, 0.3) is 0 Å². The van der Waals surface area contributed by atoms with Gasteiger partial charge in [0.1, 0.15) is 0 Å². The summed E-state index contributed by atoms with van der Waals surface area (Å²) in [6.45, 7) is 8.32. The summed E-state index contributed by atoms with van der Waals surface area (Å²) >= 11 is 6.06. The zero-order chi connectivity index (χ0) is 22.9. The quantitative estimate of drug-likeness (QED) is 0.623. The maximum atomic E-state index is 12.6. The van der Waals surface area contributed by atoms with Crippen LogP contribution in [0.5, 0.6) is 11.5 Å². The molecule has 0 aromatic heterocycles. The Hall–Kier alpha value is -2.77. The fourth-order valence-corrected chi connectivity index (χ4v) is 3.82. The normalized spacial score (nSPS) is 14.2. The molecule has 0 atom stereocenters. The summed E-state index contributed by atoms with van der Waals surface area (Å²) in [6.07, 6.45) is 0. The van der Waals surface area contributed by atoms with Crippen LogP contribution in [0.3, 0.4) is 0 Å². The Morgan fingerprint density at radius 3 is 2.38 bits per heavy atom. The second kappa shape index (κ2) is 11.7. The number of piperazine rings is 1. The van der Waals surface area contributed by atoms with Crippen molar-refractivity contribution in [1.29, 1.82) is 0 Å². The molecule has 1 aliphatic rings. The van der Waals surface area contributed by atoms with E-state index in [2.05, 4.69) is 16.3 Å². The van der Waals surface area contributed by atoms with Crippen LogP contribution in [-0.2, 0) is 11.3 Å². The number of amides is 2. The molecule has 8 heteroatoms. The first-order valence-corrected chi connectivity index (χ1v) is 11.3. The highest BCUT2D eigenvalue weighted by molar-refractivity contribution is 6.30. The van der Waals surface area contributed by atoms with E-state index in [1.807, 2.05) is 32.0 Å². The van der Waals surface area contributed by atoms with Crippen molar-refractivity contribution in [2.75, 3.05) is 45.9 Å². The van der Waals surface area contributed by atoms with E-state index in [4.69, 9.17) is 21.1 Å². The van der Waals surface area contributed by atoms with Crippen molar-refractivity contribution >= 4 is 23.4 Å². The third-order valence-corrected chi connectivity index (χ3v) is 5.46. The lowest BCUT2D eigenvalue weighted by atomic mass is 10.2. The molecule has 1 N–H and O–H groups in total. The second-order valence-electron chi connectivity index (χ2n) is 7.50. The predicted molar refractivity (Wildman–Crippen MR) is 124 cm³/mol. The number of nitrogens with one attached hydrogen (secondary N) is 1. The van der Waals surface area contributed by atoms with Gasteiger partial charge in [0.15, 0.2) is 11.5 Å². The molecule has 1 saturated heterocycles. The van der Waals surface area contributed by atoms with Crippen LogP contribution in [0.4, 0.5) is 0 Å². The molecule has 1 fully saturated rings. The summed E-state index contributed by atoms with van der Waals surface area (Å²) in [7, 11) is 0. The average molecular weight is 460 g/mol. The summed E-state index contributed by atoms with van der Waals surface area (Å²) in [5.74, 6) is 0.709. The van der Waals surface area contributed by atoms with Gasteiger partial charge in [-0.1, -0.05) is 23.7 Å². The zero-order valence-electron chi connectivity index (χ0n) is 18.6. The molecule has 1 aliphatic heterocycles. The molecule has 3 rings (SSSR count). The maximum absolute atomic E-state index is 12.6. The first-order valence-electron chi connectivity index (χ1n) is 10.9. The van der Waals surface area contributed by atoms with E-state index < -0.39 is 0 Å². The van der Waals surface area contributed by atoms with Crippen molar-refractivity contribution in [3.63, 3.8) is 0 Å². The molecule has 0 unspecified atom stereocenters. The number of ether oxygens (including phenoxy) is 2. The Morgan fingerprint density at radius 2 is 1.69 bits per heavy atom. The molecule has 2 amide bonds. The number of carbonyl (C=O) groups excluding carboxylic acids is 2. The predicted octanol–water partition coefficient (Wildman–Crippen LogP) is 3.21. The fraction of sp³-hybridized carbons (Fsp3) is 0.417. The summed E-state index contributed by atoms with van der Waals surface area (Å²) < 4.78 is 11.1. The van der Waals surface area contributed by atoms with Gasteiger partial charge < -0.3 is 19.7 Å². The largest absolute Gasteiger partial charge is 0.490 e. The van der Waals surface area contributed by atoms with Crippen molar-refractivity contribution < 1.29 is 19.1 Å². The SMILES string of the molecule is CCOc1ccc(C(=O)NCC(=O)N2CCN(Cc3cccc(Cl)c3)CC2)cc1OCC. The van der Waals surface area contributed by atoms with E-state index in [1.54, 1.807) is 23.1 Å². The first-order chi connectivity index (χ1) is 15.5. The molecular formula is C24H30ClN3O4. The number of halogens is 1. The molecule has 172 valence electrons. The second-order valence-corrected chi connectivity index (χ2v) is 7.93. The minimum Gasteiger partial charge on any atom is -0.490 e. The van der Waals surface area contributed by atoms with Crippen molar-refractivity contribution in [2.45, 2.75) is 20.4 Å². The highest BCUT2D eigenvalue weighted by Crippen LogP contribution is 2.28. The lowest BCUT2D eigenvalue weighted by Gasteiger charge is -2.34. The summed E-state index contributed by atoms with van der Waals surface area (Å²) in [5, 5.41) is 3.45. The molecule has 2 aromatic rings. The van der Waals surface area contributed by atoms with Crippen LogP contribution in [0.15, 0.2) is 42.5 Å².